The Bertz CT molecular complexity index is 401. The molecule has 0 bridgehead atoms. The summed E-state index contributed by atoms with van der Waals surface area (Å²) < 4.78 is 7.21. The van der Waals surface area contributed by atoms with Gasteiger partial charge in [-0.25, -0.2) is 0 Å². The van der Waals surface area contributed by atoms with E-state index in [1.165, 1.54) is 5.56 Å². The Morgan fingerprint density at radius 3 is 2.76 bits per heavy atom. The predicted molar refractivity (Wildman–Crippen MR) is 69.7 cm³/mol. The van der Waals surface area contributed by atoms with Gasteiger partial charge in [-0.2, -0.15) is 0 Å². The van der Waals surface area contributed by atoms with Gasteiger partial charge in [-0.15, -0.1) is 0 Å². The van der Waals surface area contributed by atoms with Gasteiger partial charge in [-0.05, 0) is 31.6 Å². The second kappa shape index (κ2) is 6.86. The van der Waals surface area contributed by atoms with E-state index >= 15 is 0 Å². The number of benzene rings is 1. The molecule has 0 radical (unpaired) electrons. The maximum absolute atomic E-state index is 10.3. The van der Waals surface area contributed by atoms with Crippen molar-refractivity contribution in [3.05, 3.63) is 41.5 Å². The van der Waals surface area contributed by atoms with Crippen molar-refractivity contribution in [1.29, 1.82) is 0 Å². The number of carbonyl (C=O) groups is 1. The summed E-state index contributed by atoms with van der Waals surface area (Å²) in [6.45, 7) is 0.770. The fourth-order valence-electron chi connectivity index (χ4n) is 1.47. The van der Waals surface area contributed by atoms with Crippen LogP contribution in [0.4, 0.5) is 0 Å². The SMILES string of the molecule is [2H]CN(C)Cc1ccc(/C=C/CCC(=O)O)cc1. The molecule has 0 atom stereocenters. The number of aliphatic carboxylic acids is 1. The van der Waals surface area contributed by atoms with Crippen molar-refractivity contribution in [3.63, 3.8) is 0 Å². The molecule has 3 heteroatoms. The van der Waals surface area contributed by atoms with Gasteiger partial charge in [0.2, 0.25) is 0 Å². The zero-order valence-electron chi connectivity index (χ0n) is 11.1. The molecule has 0 saturated heterocycles. The summed E-state index contributed by atoms with van der Waals surface area (Å²) in [5, 5.41) is 8.50. The Kier molecular flexibility index (Phi) is 4.79. The topological polar surface area (TPSA) is 40.5 Å². The van der Waals surface area contributed by atoms with Crippen LogP contribution in [0.1, 0.15) is 25.3 Å². The zero-order valence-corrected chi connectivity index (χ0v) is 10.1. The second-order valence-corrected chi connectivity index (χ2v) is 4.09. The summed E-state index contributed by atoms with van der Waals surface area (Å²) >= 11 is 0. The number of nitrogens with zero attached hydrogens (tertiary/aromatic N) is 1. The van der Waals surface area contributed by atoms with Crippen molar-refractivity contribution in [3.8, 4) is 0 Å². The van der Waals surface area contributed by atoms with E-state index in [-0.39, 0.29) is 13.4 Å². The molecule has 1 rings (SSSR count). The minimum absolute atomic E-state index is 0.170. The van der Waals surface area contributed by atoms with Crippen LogP contribution >= 0.6 is 0 Å². The van der Waals surface area contributed by atoms with Crippen LogP contribution in [-0.2, 0) is 11.3 Å². The summed E-state index contributed by atoms with van der Waals surface area (Å²) in [6.07, 6.45) is 4.53. The van der Waals surface area contributed by atoms with Gasteiger partial charge in [0.25, 0.3) is 0 Å². The molecular formula is C14H19NO2. The highest BCUT2D eigenvalue weighted by molar-refractivity contribution is 5.67. The smallest absolute Gasteiger partial charge is 0.303 e. The summed E-state index contributed by atoms with van der Waals surface area (Å²) in [5.41, 5.74) is 2.24. The van der Waals surface area contributed by atoms with Gasteiger partial charge >= 0.3 is 5.97 Å². The van der Waals surface area contributed by atoms with Crippen LogP contribution in [0.5, 0.6) is 0 Å². The average molecular weight is 234 g/mol. The van der Waals surface area contributed by atoms with E-state index in [1.807, 2.05) is 48.4 Å². The monoisotopic (exact) mass is 234 g/mol. The molecule has 0 unspecified atom stereocenters. The molecule has 0 saturated carbocycles. The van der Waals surface area contributed by atoms with Gasteiger partial charge in [0.15, 0.2) is 0 Å². The summed E-state index contributed by atoms with van der Waals surface area (Å²) in [4.78, 5) is 12.2. The van der Waals surface area contributed by atoms with Gasteiger partial charge in [0.1, 0.15) is 0 Å². The lowest BCUT2D eigenvalue weighted by Crippen LogP contribution is -2.10. The van der Waals surface area contributed by atoms with Crippen molar-refractivity contribution < 1.29 is 11.3 Å². The molecule has 1 aromatic rings. The van der Waals surface area contributed by atoms with E-state index in [1.54, 1.807) is 0 Å². The molecule has 1 N–H and O–H groups in total. The van der Waals surface area contributed by atoms with Crippen LogP contribution in [0.15, 0.2) is 30.3 Å². The first-order valence-electron chi connectivity index (χ1n) is 6.27. The Labute approximate surface area is 104 Å². The molecule has 0 aliphatic heterocycles. The minimum atomic E-state index is -0.770. The largest absolute Gasteiger partial charge is 0.481 e. The predicted octanol–water partition coefficient (Wildman–Crippen LogP) is 2.63. The minimum Gasteiger partial charge on any atom is -0.481 e. The molecule has 17 heavy (non-hydrogen) atoms. The van der Waals surface area contributed by atoms with Crippen LogP contribution in [0.3, 0.4) is 0 Å². The third kappa shape index (κ3) is 5.88. The highest BCUT2D eigenvalue weighted by Crippen LogP contribution is 2.08. The first-order valence-corrected chi connectivity index (χ1v) is 5.57. The van der Waals surface area contributed by atoms with E-state index in [2.05, 4.69) is 0 Å². The maximum atomic E-state index is 10.3. The first-order chi connectivity index (χ1) is 8.61. The molecule has 3 nitrogen and oxygen atoms in total. The number of hydrogen-bond donors (Lipinski definition) is 1. The maximum Gasteiger partial charge on any atom is 0.303 e. The number of rotatable bonds is 6. The lowest BCUT2D eigenvalue weighted by molar-refractivity contribution is -0.136. The highest BCUT2D eigenvalue weighted by atomic mass is 16.4. The van der Waals surface area contributed by atoms with Crippen LogP contribution in [0.25, 0.3) is 6.08 Å². The highest BCUT2D eigenvalue weighted by Gasteiger charge is 1.95. The molecule has 0 aromatic heterocycles. The fraction of sp³-hybridized carbons (Fsp3) is 0.357. The molecular weight excluding hydrogens is 214 g/mol. The van der Waals surface area contributed by atoms with Crippen LogP contribution in [0.2, 0.25) is 0 Å². The Morgan fingerprint density at radius 2 is 2.18 bits per heavy atom. The molecule has 0 amide bonds. The molecule has 0 heterocycles. The number of allylic oxidation sites excluding steroid dienone is 1. The van der Waals surface area contributed by atoms with Gasteiger partial charge < -0.3 is 10.0 Å². The third-order valence-electron chi connectivity index (χ3n) is 2.27. The van der Waals surface area contributed by atoms with Crippen LogP contribution in [0, 0.1) is 0 Å². The molecule has 0 spiro atoms. The van der Waals surface area contributed by atoms with Crippen molar-refractivity contribution in [2.45, 2.75) is 19.4 Å². The quantitative estimate of drug-likeness (QED) is 0.822. The first kappa shape index (κ1) is 11.9. The van der Waals surface area contributed by atoms with Gasteiger partial charge in [-0.1, -0.05) is 36.4 Å². The third-order valence-corrected chi connectivity index (χ3v) is 2.27. The molecule has 0 fully saturated rings. The Hall–Kier alpha value is -1.61. The van der Waals surface area contributed by atoms with E-state index in [9.17, 15) is 4.79 Å². The van der Waals surface area contributed by atoms with Crippen molar-refractivity contribution in [2.24, 2.45) is 0 Å². The number of carboxylic acids is 1. The molecule has 0 aliphatic carbocycles. The van der Waals surface area contributed by atoms with Crippen molar-refractivity contribution >= 4 is 12.0 Å². The standard InChI is InChI=1S/C14H19NO2/c1-15(2)11-13-9-7-12(8-10-13)5-3-4-6-14(16)17/h3,5,7-10H,4,6,11H2,1-2H3,(H,16,17)/b5-3+/i1D. The van der Waals surface area contributed by atoms with E-state index < -0.39 is 5.97 Å². The molecule has 1 aromatic carbocycles. The van der Waals surface area contributed by atoms with E-state index in [0.717, 1.165) is 12.1 Å². The summed E-state index contributed by atoms with van der Waals surface area (Å²) in [5.74, 6) is -0.770. The van der Waals surface area contributed by atoms with E-state index in [0.29, 0.717) is 6.42 Å². The molecule has 0 aliphatic rings. The number of carboxylic acid groups (broad SMARTS) is 1. The molecule has 92 valence electrons. The summed E-state index contributed by atoms with van der Waals surface area (Å²) in [6, 6.07) is 8.07. The Morgan fingerprint density at radius 1 is 1.47 bits per heavy atom. The van der Waals surface area contributed by atoms with Gasteiger partial charge in [-0.3, -0.25) is 4.79 Å². The Balaban J connectivity index is 2.47. The zero-order chi connectivity index (χ0) is 13.4. The average Bonchev–Trinajstić information content (AvgIpc) is 2.36. The van der Waals surface area contributed by atoms with E-state index in [4.69, 9.17) is 6.48 Å². The van der Waals surface area contributed by atoms with Crippen molar-refractivity contribution in [2.75, 3.05) is 14.1 Å². The normalized spacial score (nSPS) is 12.0. The lowest BCUT2D eigenvalue weighted by atomic mass is 10.1. The van der Waals surface area contributed by atoms with Crippen LogP contribution < -0.4 is 0 Å². The lowest BCUT2D eigenvalue weighted by Gasteiger charge is -2.09. The summed E-state index contributed by atoms with van der Waals surface area (Å²) in [7, 11) is 2.20. The second-order valence-electron chi connectivity index (χ2n) is 4.09. The van der Waals surface area contributed by atoms with Gasteiger partial charge in [0, 0.05) is 14.3 Å². The van der Waals surface area contributed by atoms with Gasteiger partial charge in [0.05, 0.1) is 0 Å². The van der Waals surface area contributed by atoms with Crippen molar-refractivity contribution in [1.82, 2.24) is 4.90 Å². The fourth-order valence-corrected chi connectivity index (χ4v) is 1.47. The van der Waals surface area contributed by atoms with Crippen LogP contribution in [-0.4, -0.2) is 30.0 Å². The number of hydrogen-bond acceptors (Lipinski definition) is 2.